The van der Waals surface area contributed by atoms with Gasteiger partial charge in [0, 0.05) is 11.1 Å². The molecular weight excluding hydrogens is 356 g/mol. The number of carbonyl (C=O) groups is 2. The minimum Gasteiger partial charge on any atom is -0.375 e. The van der Waals surface area contributed by atoms with Gasteiger partial charge in [0.05, 0.1) is 24.8 Å². The van der Waals surface area contributed by atoms with Gasteiger partial charge in [-0.05, 0) is 6.07 Å². The molecule has 0 bridgehead atoms. The molecule has 2 N–H and O–H groups in total. The number of morpholine rings is 1. The van der Waals surface area contributed by atoms with E-state index in [1.54, 1.807) is 48.2 Å². The lowest BCUT2D eigenvalue weighted by molar-refractivity contribution is -0.906. The number of anilines is 1. The van der Waals surface area contributed by atoms with Gasteiger partial charge in [-0.15, -0.1) is 0 Å². The van der Waals surface area contributed by atoms with Crippen LogP contribution in [0.15, 0.2) is 54.6 Å². The van der Waals surface area contributed by atoms with Crippen molar-refractivity contribution >= 4 is 17.4 Å². The van der Waals surface area contributed by atoms with Crippen molar-refractivity contribution in [2.45, 2.75) is 12.5 Å². The number of Topliss-reactive ketones (excluding diaryl/α,β-unsaturated/α-hetero) is 1. The maximum atomic E-state index is 13.4. The number of rotatable bonds is 5. The van der Waals surface area contributed by atoms with Crippen LogP contribution in [0, 0.1) is 5.92 Å². The van der Waals surface area contributed by atoms with Crippen LogP contribution in [0.1, 0.15) is 22.8 Å². The number of amides is 1. The van der Waals surface area contributed by atoms with Crippen LogP contribution in [0.2, 0.25) is 0 Å². The Bertz CT molecular complexity index is 879. The van der Waals surface area contributed by atoms with Gasteiger partial charge in [0.1, 0.15) is 13.1 Å². The summed E-state index contributed by atoms with van der Waals surface area (Å²) in [6, 6.07) is 16.0. The quantitative estimate of drug-likeness (QED) is 0.745. The van der Waals surface area contributed by atoms with Crippen molar-refractivity contribution < 1.29 is 24.3 Å². The molecule has 0 unspecified atom stereocenters. The molecule has 0 saturated carbocycles. The van der Waals surface area contributed by atoms with Gasteiger partial charge in [0.15, 0.2) is 18.1 Å². The normalized spacial score (nSPS) is 23.5. The zero-order chi connectivity index (χ0) is 19.7. The van der Waals surface area contributed by atoms with Crippen molar-refractivity contribution in [2.24, 2.45) is 5.92 Å². The lowest BCUT2D eigenvalue weighted by Gasteiger charge is -2.31. The second kappa shape index (κ2) is 7.47. The van der Waals surface area contributed by atoms with E-state index in [4.69, 9.17) is 4.74 Å². The molecule has 2 heterocycles. The summed E-state index contributed by atoms with van der Waals surface area (Å²) in [4.78, 5) is 29.3. The minimum absolute atomic E-state index is 0.244. The molecule has 1 fully saturated rings. The molecule has 2 aromatic carbocycles. The Balaban J connectivity index is 1.68. The SMILES string of the molecule is C[C@@H](C(=O)c1ccccc1)[C@]1(O)C(=O)N(C[NH+]2CCOCC2)c2ccccc21. The fourth-order valence-corrected chi connectivity index (χ4v) is 4.12. The van der Waals surface area contributed by atoms with E-state index in [1.807, 2.05) is 18.2 Å². The topological polar surface area (TPSA) is 71.3 Å². The third-order valence-electron chi connectivity index (χ3n) is 5.84. The van der Waals surface area contributed by atoms with Gasteiger partial charge in [-0.3, -0.25) is 14.5 Å². The monoisotopic (exact) mass is 381 g/mol. The molecule has 2 aromatic rings. The van der Waals surface area contributed by atoms with Crippen molar-refractivity contribution in [3.8, 4) is 0 Å². The van der Waals surface area contributed by atoms with E-state index >= 15 is 0 Å². The summed E-state index contributed by atoms with van der Waals surface area (Å²) in [7, 11) is 0. The van der Waals surface area contributed by atoms with Crippen LogP contribution in [-0.4, -0.2) is 49.8 Å². The lowest BCUT2D eigenvalue weighted by Crippen LogP contribution is -3.15. The highest BCUT2D eigenvalue weighted by Gasteiger charge is 2.56. The summed E-state index contributed by atoms with van der Waals surface area (Å²) < 4.78 is 5.40. The first-order valence-electron chi connectivity index (χ1n) is 9.68. The number of nitrogens with zero attached hydrogens (tertiary/aromatic N) is 1. The zero-order valence-electron chi connectivity index (χ0n) is 15.9. The average molecular weight is 381 g/mol. The van der Waals surface area contributed by atoms with Crippen LogP contribution in [0.4, 0.5) is 5.69 Å². The third-order valence-corrected chi connectivity index (χ3v) is 5.84. The maximum absolute atomic E-state index is 13.4. The Kier molecular flexibility index (Phi) is 5.02. The number of nitrogens with one attached hydrogen (secondary N) is 1. The Morgan fingerprint density at radius 2 is 1.79 bits per heavy atom. The molecule has 2 aliphatic heterocycles. The van der Waals surface area contributed by atoms with Crippen molar-refractivity contribution in [1.29, 1.82) is 0 Å². The number of ketones is 1. The largest absolute Gasteiger partial charge is 0.375 e. The van der Waals surface area contributed by atoms with Gasteiger partial charge >= 0.3 is 0 Å². The maximum Gasteiger partial charge on any atom is 0.268 e. The van der Waals surface area contributed by atoms with E-state index in [2.05, 4.69) is 0 Å². The van der Waals surface area contributed by atoms with Gasteiger partial charge in [0.25, 0.3) is 5.91 Å². The number of fused-ring (bicyclic) bond motifs is 1. The summed E-state index contributed by atoms with van der Waals surface area (Å²) in [5.74, 6) is -1.57. The Morgan fingerprint density at radius 3 is 2.50 bits per heavy atom. The molecule has 0 spiro atoms. The molecule has 146 valence electrons. The lowest BCUT2D eigenvalue weighted by atomic mass is 9.79. The standard InChI is InChI=1S/C22H24N2O4/c1-16(20(25)17-7-3-2-4-8-17)22(27)18-9-5-6-10-19(18)24(21(22)26)15-23-11-13-28-14-12-23/h2-10,16,27H,11-15H2,1H3/p+1/t16-,22+/m0/s1. The van der Waals surface area contributed by atoms with Gasteiger partial charge in [-0.2, -0.15) is 0 Å². The van der Waals surface area contributed by atoms with Crippen molar-refractivity contribution in [3.05, 3.63) is 65.7 Å². The molecule has 6 heteroatoms. The molecule has 2 aliphatic rings. The highest BCUT2D eigenvalue weighted by Crippen LogP contribution is 2.45. The summed E-state index contributed by atoms with van der Waals surface area (Å²) in [5.41, 5.74) is -0.188. The van der Waals surface area contributed by atoms with Crippen LogP contribution < -0.4 is 9.80 Å². The van der Waals surface area contributed by atoms with E-state index in [9.17, 15) is 14.7 Å². The van der Waals surface area contributed by atoms with Crippen LogP contribution in [0.25, 0.3) is 0 Å². The minimum atomic E-state index is -1.87. The summed E-state index contributed by atoms with van der Waals surface area (Å²) in [5, 5.41) is 11.6. The Labute approximate surface area is 164 Å². The summed E-state index contributed by atoms with van der Waals surface area (Å²) >= 11 is 0. The number of aliphatic hydroxyl groups is 1. The molecule has 0 aliphatic carbocycles. The first-order chi connectivity index (χ1) is 13.5. The molecule has 2 atom stereocenters. The van der Waals surface area contributed by atoms with Crippen LogP contribution >= 0.6 is 0 Å². The molecule has 1 saturated heterocycles. The van der Waals surface area contributed by atoms with Crippen LogP contribution in [0.5, 0.6) is 0 Å². The first kappa shape index (κ1) is 18.8. The number of para-hydroxylation sites is 1. The molecule has 1 amide bonds. The highest BCUT2D eigenvalue weighted by atomic mass is 16.5. The van der Waals surface area contributed by atoms with Crippen LogP contribution in [-0.2, 0) is 15.1 Å². The number of hydrogen-bond donors (Lipinski definition) is 2. The number of benzene rings is 2. The Hall–Kier alpha value is -2.54. The summed E-state index contributed by atoms with van der Waals surface area (Å²) in [6.45, 7) is 5.02. The number of hydrogen-bond acceptors (Lipinski definition) is 4. The fourth-order valence-electron chi connectivity index (χ4n) is 4.12. The van der Waals surface area contributed by atoms with Gasteiger partial charge in [-0.25, -0.2) is 0 Å². The van der Waals surface area contributed by atoms with Crippen molar-refractivity contribution in [3.63, 3.8) is 0 Å². The number of quaternary nitrogens is 1. The smallest absolute Gasteiger partial charge is 0.268 e. The van der Waals surface area contributed by atoms with E-state index < -0.39 is 17.4 Å². The van der Waals surface area contributed by atoms with Gasteiger partial charge in [0.2, 0.25) is 0 Å². The number of carbonyl (C=O) groups excluding carboxylic acids is 2. The molecule has 0 aromatic heterocycles. The number of ether oxygens (including phenoxy) is 1. The van der Waals surface area contributed by atoms with Gasteiger partial charge < -0.3 is 14.7 Å². The average Bonchev–Trinajstić information content (AvgIpc) is 2.97. The second-order valence-corrected chi connectivity index (χ2v) is 7.49. The van der Waals surface area contributed by atoms with Crippen molar-refractivity contribution in [1.82, 2.24) is 0 Å². The van der Waals surface area contributed by atoms with E-state index in [0.717, 1.165) is 13.1 Å². The summed E-state index contributed by atoms with van der Waals surface area (Å²) in [6.07, 6.45) is 0. The van der Waals surface area contributed by atoms with Crippen LogP contribution in [0.3, 0.4) is 0 Å². The predicted octanol–water partition coefficient (Wildman–Crippen LogP) is 0.612. The molecule has 0 radical (unpaired) electrons. The van der Waals surface area contributed by atoms with E-state index in [-0.39, 0.29) is 5.78 Å². The highest BCUT2D eigenvalue weighted by molar-refractivity contribution is 6.11. The zero-order valence-corrected chi connectivity index (χ0v) is 15.9. The second-order valence-electron chi connectivity index (χ2n) is 7.49. The first-order valence-corrected chi connectivity index (χ1v) is 9.68. The van der Waals surface area contributed by atoms with Gasteiger partial charge in [-0.1, -0.05) is 55.5 Å². The third kappa shape index (κ3) is 3.03. The predicted molar refractivity (Wildman–Crippen MR) is 104 cm³/mol. The molecular formula is C22H25N2O4+. The molecule has 6 nitrogen and oxygen atoms in total. The molecule has 4 rings (SSSR count). The van der Waals surface area contributed by atoms with E-state index in [1.165, 1.54) is 4.90 Å². The Morgan fingerprint density at radius 1 is 1.14 bits per heavy atom. The fraction of sp³-hybridized carbons (Fsp3) is 0.364. The molecule has 28 heavy (non-hydrogen) atoms. The van der Waals surface area contributed by atoms with Crippen molar-refractivity contribution in [2.75, 3.05) is 37.9 Å². The van der Waals surface area contributed by atoms with E-state index in [0.29, 0.717) is 36.7 Å².